The number of rotatable bonds is 4. The third-order valence-electron chi connectivity index (χ3n) is 2.49. The van der Waals surface area contributed by atoms with Crippen molar-refractivity contribution in [3.05, 3.63) is 68.8 Å². The fourth-order valence-corrected chi connectivity index (χ4v) is 1.36. The van der Waals surface area contributed by atoms with E-state index in [2.05, 4.69) is 10.9 Å². The van der Waals surface area contributed by atoms with Gasteiger partial charge < -0.3 is 10.9 Å². The van der Waals surface area contributed by atoms with Gasteiger partial charge in [-0.15, -0.1) is 0 Å². The average molecular weight is 306 g/mol. The van der Waals surface area contributed by atoms with E-state index in [9.17, 15) is 20.2 Å². The summed E-state index contributed by atoms with van der Waals surface area (Å²) in [6.45, 7) is 0. The Kier molecular flexibility index (Phi) is 6.22. The van der Waals surface area contributed by atoms with Crippen molar-refractivity contribution in [2.24, 2.45) is 11.7 Å². The summed E-state index contributed by atoms with van der Waals surface area (Å²) in [5.41, 5.74) is 6.16. The summed E-state index contributed by atoms with van der Waals surface area (Å²) in [4.78, 5) is 19.4. The van der Waals surface area contributed by atoms with Crippen LogP contribution in [0.3, 0.4) is 0 Å². The van der Waals surface area contributed by atoms with Gasteiger partial charge in [-0.3, -0.25) is 31.9 Å². The van der Waals surface area contributed by atoms with Gasteiger partial charge in [-0.2, -0.15) is 0 Å². The maximum atomic E-state index is 10.2. The fourth-order valence-electron chi connectivity index (χ4n) is 1.36. The van der Waals surface area contributed by atoms with Gasteiger partial charge in [0.1, 0.15) is 0 Å². The van der Waals surface area contributed by atoms with E-state index >= 15 is 0 Å². The minimum absolute atomic E-state index is 0.0593. The lowest BCUT2D eigenvalue weighted by molar-refractivity contribution is -0.385. The Balaban J connectivity index is 0.000000220. The van der Waals surface area contributed by atoms with Gasteiger partial charge in [0.05, 0.1) is 9.85 Å². The summed E-state index contributed by atoms with van der Waals surface area (Å²) in [7, 11) is 0. The quantitative estimate of drug-likeness (QED) is 0.377. The molecule has 10 heteroatoms. The molecule has 0 bridgehead atoms. The Morgan fingerprint density at radius 2 is 0.955 bits per heavy atom. The van der Waals surface area contributed by atoms with Crippen molar-refractivity contribution in [2.75, 3.05) is 10.9 Å². The summed E-state index contributed by atoms with van der Waals surface area (Å²) in [6.07, 6.45) is 0. The molecule has 0 radical (unpaired) electrons. The second kappa shape index (κ2) is 8.14. The highest BCUT2D eigenvalue weighted by molar-refractivity contribution is 5.48. The van der Waals surface area contributed by atoms with Crippen LogP contribution in [0.2, 0.25) is 0 Å². The molecule has 2 rings (SSSR count). The highest BCUT2D eigenvalue weighted by atomic mass is 16.6. The first-order valence-electron chi connectivity index (χ1n) is 5.90. The lowest BCUT2D eigenvalue weighted by Gasteiger charge is -1.96. The number of anilines is 2. The Bertz CT molecular complexity index is 572. The predicted molar refractivity (Wildman–Crippen MR) is 81.8 cm³/mol. The van der Waals surface area contributed by atoms with Crippen molar-refractivity contribution < 1.29 is 9.85 Å². The molecule has 10 nitrogen and oxygen atoms in total. The molecule has 0 spiro atoms. The zero-order valence-corrected chi connectivity index (χ0v) is 11.3. The first-order valence-corrected chi connectivity index (χ1v) is 5.90. The topological polar surface area (TPSA) is 162 Å². The van der Waals surface area contributed by atoms with Gasteiger partial charge in [-0.1, -0.05) is 0 Å². The summed E-state index contributed by atoms with van der Waals surface area (Å²) < 4.78 is 0. The third-order valence-corrected chi connectivity index (χ3v) is 2.49. The van der Waals surface area contributed by atoms with Crippen LogP contribution in [-0.2, 0) is 0 Å². The number of hydrazine groups is 2. The van der Waals surface area contributed by atoms with Gasteiger partial charge in [-0.25, -0.2) is 0 Å². The zero-order valence-electron chi connectivity index (χ0n) is 11.3. The molecule has 0 aliphatic heterocycles. The molecule has 0 saturated carbocycles. The van der Waals surface area contributed by atoms with Crippen molar-refractivity contribution >= 4 is 22.7 Å². The highest BCUT2D eigenvalue weighted by Crippen LogP contribution is 2.14. The van der Waals surface area contributed by atoms with E-state index < -0.39 is 9.85 Å². The fraction of sp³-hybridized carbons (Fsp3) is 0. The largest absolute Gasteiger partial charge is 0.324 e. The van der Waals surface area contributed by atoms with Crippen LogP contribution in [0.4, 0.5) is 22.7 Å². The molecule has 6 N–H and O–H groups in total. The predicted octanol–water partition coefficient (Wildman–Crippen LogP) is 1.76. The Morgan fingerprint density at radius 3 is 1.14 bits per heavy atom. The molecule has 0 unspecified atom stereocenters. The van der Waals surface area contributed by atoms with E-state index in [0.717, 1.165) is 0 Å². The summed E-state index contributed by atoms with van der Waals surface area (Å²) in [5.74, 6) is 10.1. The van der Waals surface area contributed by atoms with Crippen molar-refractivity contribution in [1.29, 1.82) is 0 Å². The van der Waals surface area contributed by atoms with Crippen molar-refractivity contribution in [1.82, 2.24) is 0 Å². The second-order valence-corrected chi connectivity index (χ2v) is 3.90. The molecule has 0 aromatic heterocycles. The molecule has 0 amide bonds. The van der Waals surface area contributed by atoms with Crippen LogP contribution in [0.5, 0.6) is 0 Å². The molecule has 2 aromatic rings. The van der Waals surface area contributed by atoms with E-state index in [4.69, 9.17) is 11.7 Å². The zero-order chi connectivity index (χ0) is 16.5. The maximum Gasteiger partial charge on any atom is 0.269 e. The van der Waals surface area contributed by atoms with Crippen LogP contribution in [-0.4, -0.2) is 9.85 Å². The first kappa shape index (κ1) is 16.8. The van der Waals surface area contributed by atoms with Crippen LogP contribution in [0.1, 0.15) is 0 Å². The van der Waals surface area contributed by atoms with Crippen LogP contribution >= 0.6 is 0 Å². The number of non-ortho nitro benzene ring substituents is 2. The number of hydrogen-bond acceptors (Lipinski definition) is 8. The van der Waals surface area contributed by atoms with Gasteiger partial charge in [-0.05, 0) is 24.3 Å². The van der Waals surface area contributed by atoms with E-state index in [0.29, 0.717) is 11.4 Å². The lowest BCUT2D eigenvalue weighted by Crippen LogP contribution is -2.06. The smallest absolute Gasteiger partial charge is 0.269 e. The molecule has 0 aliphatic carbocycles. The van der Waals surface area contributed by atoms with E-state index in [1.165, 1.54) is 48.5 Å². The van der Waals surface area contributed by atoms with Gasteiger partial charge in [0, 0.05) is 35.6 Å². The Morgan fingerprint density at radius 1 is 0.682 bits per heavy atom. The van der Waals surface area contributed by atoms with Gasteiger partial charge >= 0.3 is 0 Å². The molecular weight excluding hydrogens is 292 g/mol. The van der Waals surface area contributed by atoms with Crippen molar-refractivity contribution in [3.63, 3.8) is 0 Å². The molecule has 116 valence electrons. The Hall–Kier alpha value is -3.24. The van der Waals surface area contributed by atoms with E-state index in [1.807, 2.05) is 0 Å². The summed E-state index contributed by atoms with van der Waals surface area (Å²) in [5, 5.41) is 20.3. The number of nitro groups is 2. The van der Waals surface area contributed by atoms with Gasteiger partial charge in [0.25, 0.3) is 11.4 Å². The van der Waals surface area contributed by atoms with Crippen LogP contribution in [0.15, 0.2) is 48.5 Å². The van der Waals surface area contributed by atoms with E-state index in [-0.39, 0.29) is 11.4 Å². The second-order valence-electron chi connectivity index (χ2n) is 3.90. The SMILES string of the molecule is NNc1ccc([N+](=O)[O-])cc1.NNc1ccc([N+](=O)[O-])cc1. The number of nitrogen functional groups attached to an aromatic ring is 2. The third kappa shape index (κ3) is 5.03. The van der Waals surface area contributed by atoms with Gasteiger partial charge in [0.15, 0.2) is 0 Å². The van der Waals surface area contributed by atoms with Crippen LogP contribution < -0.4 is 22.5 Å². The average Bonchev–Trinajstić information content (AvgIpc) is 2.55. The van der Waals surface area contributed by atoms with Gasteiger partial charge in [0.2, 0.25) is 0 Å². The standard InChI is InChI=1S/2C6H7N3O2/c2*7-8-5-1-3-6(4-2-5)9(10)11/h2*1-4,8H,7H2. The van der Waals surface area contributed by atoms with Crippen molar-refractivity contribution in [2.45, 2.75) is 0 Å². The van der Waals surface area contributed by atoms with Crippen molar-refractivity contribution in [3.8, 4) is 0 Å². The normalized spacial score (nSPS) is 9.18. The monoisotopic (exact) mass is 306 g/mol. The number of nitrogens with zero attached hydrogens (tertiary/aromatic N) is 2. The molecular formula is C12H14N6O4. The highest BCUT2D eigenvalue weighted by Gasteiger charge is 2.02. The number of nitrogens with one attached hydrogen (secondary N) is 2. The van der Waals surface area contributed by atoms with Crippen LogP contribution in [0, 0.1) is 20.2 Å². The molecule has 22 heavy (non-hydrogen) atoms. The minimum Gasteiger partial charge on any atom is -0.324 e. The number of hydrogen-bond donors (Lipinski definition) is 4. The minimum atomic E-state index is -0.458. The molecule has 0 atom stereocenters. The molecule has 0 fully saturated rings. The van der Waals surface area contributed by atoms with Crippen LogP contribution in [0.25, 0.3) is 0 Å². The molecule has 0 saturated heterocycles. The summed E-state index contributed by atoms with van der Waals surface area (Å²) >= 11 is 0. The maximum absolute atomic E-state index is 10.2. The molecule has 0 heterocycles. The number of benzene rings is 2. The molecule has 0 aliphatic rings. The van der Waals surface area contributed by atoms with E-state index in [1.54, 1.807) is 0 Å². The molecule has 2 aromatic carbocycles. The number of nitro benzene ring substituents is 2. The first-order chi connectivity index (χ1) is 10.5. The Labute approximate surface area is 125 Å². The lowest BCUT2D eigenvalue weighted by atomic mass is 10.3. The summed E-state index contributed by atoms with van der Waals surface area (Å²) in [6, 6.07) is 11.7. The number of nitrogens with two attached hydrogens (primary N) is 2.